The Labute approximate surface area is 287 Å². The Morgan fingerprint density at radius 2 is 1.08 bits per heavy atom. The van der Waals surface area contributed by atoms with E-state index in [0.29, 0.717) is 48.3 Å². The zero-order chi connectivity index (χ0) is 34.6. The summed E-state index contributed by atoms with van der Waals surface area (Å²) >= 11 is 0. The third-order valence-corrected chi connectivity index (χ3v) is 8.73. The van der Waals surface area contributed by atoms with Crippen molar-refractivity contribution in [3.63, 3.8) is 0 Å². The molecule has 0 bridgehead atoms. The zero-order valence-electron chi connectivity index (χ0n) is 27.7. The van der Waals surface area contributed by atoms with Crippen LogP contribution >= 0.6 is 0 Å². The number of rotatable bonds is 14. The van der Waals surface area contributed by atoms with E-state index in [-0.39, 0.29) is 18.8 Å². The molecule has 2 aliphatic rings. The number of aliphatic hydroxyl groups excluding tert-OH is 2. The van der Waals surface area contributed by atoms with Gasteiger partial charge in [0.05, 0.1) is 57.9 Å². The average molecular weight is 669 g/mol. The van der Waals surface area contributed by atoms with E-state index < -0.39 is 11.9 Å². The number of benzene rings is 4. The lowest BCUT2D eigenvalue weighted by molar-refractivity contribution is 0.0596. The van der Waals surface area contributed by atoms with Crippen molar-refractivity contribution in [2.75, 3.05) is 56.3 Å². The molecule has 49 heavy (non-hydrogen) atoms. The number of esters is 1. The van der Waals surface area contributed by atoms with Crippen LogP contribution < -0.4 is 9.80 Å². The summed E-state index contributed by atoms with van der Waals surface area (Å²) in [5, 5.41) is 27.9. The molecule has 0 amide bonds. The number of nitrogens with zero attached hydrogens (tertiary/aromatic N) is 2. The summed E-state index contributed by atoms with van der Waals surface area (Å²) in [6.07, 6.45) is 0. The van der Waals surface area contributed by atoms with Gasteiger partial charge < -0.3 is 39.3 Å². The van der Waals surface area contributed by atoms with Gasteiger partial charge in [-0.05, 0) is 58.7 Å². The Kier molecular flexibility index (Phi) is 12.8. The van der Waals surface area contributed by atoms with Gasteiger partial charge in [0.1, 0.15) is 0 Å². The van der Waals surface area contributed by atoms with E-state index in [1.165, 1.54) is 18.2 Å². The van der Waals surface area contributed by atoms with Crippen molar-refractivity contribution in [2.24, 2.45) is 11.8 Å². The molecule has 0 unspecified atom stereocenters. The molecule has 2 fully saturated rings. The first-order valence-electron chi connectivity index (χ1n) is 16.4. The van der Waals surface area contributed by atoms with E-state index in [4.69, 9.17) is 19.3 Å². The first-order chi connectivity index (χ1) is 23.9. The first-order valence-corrected chi connectivity index (χ1v) is 16.4. The fourth-order valence-corrected chi connectivity index (χ4v) is 5.94. The standard InChI is InChI=1S/C20H23NO4.C19H21NO4/c1-24-20(23)19-8-7-18(9-17(19)12-22)21-10-16(11-21)14-25-13-15-5-3-2-4-6-15;21-11-16-8-17(6-7-18(16)19(22)23)20-9-15(10-20)13-24-12-14-4-2-1-3-5-14/h2-9,16,22H,10-14H2,1H3;1-8,15,21H,9-13H2,(H,22,23). The molecule has 0 spiro atoms. The largest absolute Gasteiger partial charge is 0.478 e. The van der Waals surface area contributed by atoms with Crippen molar-refractivity contribution in [1.82, 2.24) is 0 Å². The molecule has 10 heteroatoms. The van der Waals surface area contributed by atoms with Gasteiger partial charge in [-0.25, -0.2) is 9.59 Å². The van der Waals surface area contributed by atoms with Crippen LogP contribution in [0.25, 0.3) is 0 Å². The van der Waals surface area contributed by atoms with Gasteiger partial charge in [-0.15, -0.1) is 0 Å². The molecule has 0 saturated carbocycles. The van der Waals surface area contributed by atoms with Gasteiger partial charge in [0.2, 0.25) is 0 Å². The Bertz CT molecular complexity index is 1650. The van der Waals surface area contributed by atoms with E-state index in [0.717, 1.165) is 44.2 Å². The molecular formula is C39H44N2O8. The van der Waals surface area contributed by atoms with Gasteiger partial charge >= 0.3 is 11.9 Å². The molecule has 3 N–H and O–H groups in total. The number of hydrogen-bond donors (Lipinski definition) is 3. The minimum absolute atomic E-state index is 0.157. The lowest BCUT2D eigenvalue weighted by atomic mass is 9.98. The van der Waals surface area contributed by atoms with Crippen LogP contribution in [0, 0.1) is 11.8 Å². The van der Waals surface area contributed by atoms with Crippen molar-refractivity contribution in [1.29, 1.82) is 0 Å². The maximum absolute atomic E-state index is 11.7. The number of aliphatic hydroxyl groups is 2. The maximum Gasteiger partial charge on any atom is 0.338 e. The van der Waals surface area contributed by atoms with Gasteiger partial charge in [0, 0.05) is 49.4 Å². The molecule has 0 aliphatic carbocycles. The number of anilines is 2. The number of methoxy groups -OCH3 is 1. The number of hydrogen-bond acceptors (Lipinski definition) is 9. The van der Waals surface area contributed by atoms with Gasteiger partial charge in [0.15, 0.2) is 0 Å². The quantitative estimate of drug-likeness (QED) is 0.155. The molecule has 2 heterocycles. The minimum atomic E-state index is -1.01. The highest BCUT2D eigenvalue weighted by Crippen LogP contribution is 2.29. The van der Waals surface area contributed by atoms with Crippen molar-refractivity contribution in [3.05, 3.63) is 130 Å². The summed E-state index contributed by atoms with van der Waals surface area (Å²) in [5.41, 5.74) is 5.92. The predicted molar refractivity (Wildman–Crippen MR) is 187 cm³/mol. The van der Waals surface area contributed by atoms with Crippen LogP contribution in [0.2, 0.25) is 0 Å². The van der Waals surface area contributed by atoms with Crippen LogP contribution in [0.4, 0.5) is 11.4 Å². The van der Waals surface area contributed by atoms with Crippen LogP contribution in [0.1, 0.15) is 43.0 Å². The van der Waals surface area contributed by atoms with E-state index in [1.54, 1.807) is 24.3 Å². The topological polar surface area (TPSA) is 129 Å². The van der Waals surface area contributed by atoms with Crippen molar-refractivity contribution in [2.45, 2.75) is 26.4 Å². The second kappa shape index (κ2) is 17.6. The Morgan fingerprint density at radius 1 is 0.653 bits per heavy atom. The van der Waals surface area contributed by atoms with Gasteiger partial charge in [-0.1, -0.05) is 60.7 Å². The van der Waals surface area contributed by atoms with Gasteiger partial charge in [-0.3, -0.25) is 0 Å². The van der Waals surface area contributed by atoms with Crippen LogP contribution in [0.3, 0.4) is 0 Å². The molecule has 2 aliphatic heterocycles. The summed E-state index contributed by atoms with van der Waals surface area (Å²) < 4.78 is 16.3. The van der Waals surface area contributed by atoms with E-state index in [9.17, 15) is 19.8 Å². The van der Waals surface area contributed by atoms with Crippen molar-refractivity contribution in [3.8, 4) is 0 Å². The SMILES string of the molecule is COC(=O)c1ccc(N2CC(COCc3ccccc3)C2)cc1CO.O=C(O)c1ccc(N2CC(COCc3ccccc3)C2)cc1CO. The second-order valence-corrected chi connectivity index (χ2v) is 12.3. The zero-order valence-corrected chi connectivity index (χ0v) is 27.7. The highest BCUT2D eigenvalue weighted by molar-refractivity contribution is 5.91. The van der Waals surface area contributed by atoms with Crippen LogP contribution in [0.15, 0.2) is 97.1 Å². The molecule has 6 rings (SSSR count). The van der Waals surface area contributed by atoms with E-state index in [2.05, 4.69) is 21.9 Å². The molecule has 2 saturated heterocycles. The first kappa shape index (κ1) is 35.6. The lowest BCUT2D eigenvalue weighted by Crippen LogP contribution is -2.48. The summed E-state index contributed by atoms with van der Waals surface area (Å²) in [4.78, 5) is 27.2. The van der Waals surface area contributed by atoms with Crippen LogP contribution in [0.5, 0.6) is 0 Å². The monoisotopic (exact) mass is 668 g/mol. The highest BCUT2D eigenvalue weighted by Gasteiger charge is 2.29. The van der Waals surface area contributed by atoms with Crippen LogP contribution in [-0.4, -0.2) is 73.8 Å². The fraction of sp³-hybridized carbons (Fsp3) is 0.333. The molecule has 0 radical (unpaired) electrons. The van der Waals surface area contributed by atoms with Gasteiger partial charge in [-0.2, -0.15) is 0 Å². The van der Waals surface area contributed by atoms with Crippen molar-refractivity contribution < 1.29 is 39.1 Å². The van der Waals surface area contributed by atoms with Crippen LogP contribution in [-0.2, 0) is 40.6 Å². The number of carboxylic acids is 1. The molecule has 258 valence electrons. The van der Waals surface area contributed by atoms with E-state index >= 15 is 0 Å². The second-order valence-electron chi connectivity index (χ2n) is 12.3. The summed E-state index contributed by atoms with van der Waals surface area (Å²) in [6.45, 7) is 5.85. The molecule has 4 aromatic rings. The van der Waals surface area contributed by atoms with Gasteiger partial charge in [0.25, 0.3) is 0 Å². The number of aromatic carboxylic acids is 1. The smallest absolute Gasteiger partial charge is 0.338 e. The molecule has 4 aromatic carbocycles. The normalized spacial score (nSPS) is 14.3. The minimum Gasteiger partial charge on any atom is -0.478 e. The summed E-state index contributed by atoms with van der Waals surface area (Å²) in [7, 11) is 1.34. The van der Waals surface area contributed by atoms with Crippen molar-refractivity contribution >= 4 is 23.3 Å². The lowest BCUT2D eigenvalue weighted by Gasteiger charge is -2.41. The number of carboxylic acid groups (broad SMARTS) is 1. The number of ether oxygens (including phenoxy) is 3. The maximum atomic E-state index is 11.7. The van der Waals surface area contributed by atoms with E-state index in [1.807, 2.05) is 60.7 Å². The third kappa shape index (κ3) is 9.67. The summed E-state index contributed by atoms with van der Waals surface area (Å²) in [6, 6.07) is 30.8. The Balaban J connectivity index is 0.000000191. The average Bonchev–Trinajstić information content (AvgIpc) is 3.10. The molecule has 0 aromatic heterocycles. The Morgan fingerprint density at radius 3 is 1.49 bits per heavy atom. The predicted octanol–water partition coefficient (Wildman–Crippen LogP) is 5.15. The molecule has 10 nitrogen and oxygen atoms in total. The third-order valence-electron chi connectivity index (χ3n) is 8.73. The molecule has 0 atom stereocenters. The number of carbonyl (C=O) groups is 2. The Hall–Kier alpha value is -4.74. The highest BCUT2D eigenvalue weighted by atomic mass is 16.5. The number of carbonyl (C=O) groups excluding carboxylic acids is 1. The fourth-order valence-electron chi connectivity index (χ4n) is 5.94. The summed E-state index contributed by atoms with van der Waals surface area (Å²) in [5.74, 6) is -0.459. The molecular weight excluding hydrogens is 624 g/mol.